The monoisotopic (exact) mass is 303 g/mol. The highest BCUT2D eigenvalue weighted by Gasteiger charge is 2.41. The van der Waals surface area contributed by atoms with Gasteiger partial charge in [0.05, 0.1) is 24.0 Å². The van der Waals surface area contributed by atoms with Gasteiger partial charge < -0.3 is 4.90 Å². The topological polar surface area (TPSA) is 30.3 Å². The molecule has 118 valence electrons. The summed E-state index contributed by atoms with van der Waals surface area (Å²) < 4.78 is 42.0. The summed E-state index contributed by atoms with van der Waals surface area (Å²) in [6.45, 7) is 4.31. The molecule has 0 aromatic carbocycles. The molecule has 1 aromatic rings. The van der Waals surface area contributed by atoms with Crippen LogP contribution >= 0.6 is 0 Å². The van der Waals surface area contributed by atoms with Gasteiger partial charge in [-0.2, -0.15) is 5.10 Å². The van der Waals surface area contributed by atoms with Gasteiger partial charge in [0.15, 0.2) is 0 Å². The number of hydrogen-bond donors (Lipinski definition) is 0. The maximum absolute atomic E-state index is 12.1. The Labute approximate surface area is 121 Å². The summed E-state index contributed by atoms with van der Waals surface area (Å²) in [6, 6.07) is 0.0230. The molecule has 3 rings (SSSR count). The molecule has 0 spiro atoms. The van der Waals surface area contributed by atoms with E-state index in [-0.39, 0.29) is 6.04 Å². The third-order valence-electron chi connectivity index (χ3n) is 4.48. The van der Waals surface area contributed by atoms with E-state index >= 15 is 0 Å². The molecule has 21 heavy (non-hydrogen) atoms. The van der Waals surface area contributed by atoms with Gasteiger partial charge in [-0.1, -0.05) is 6.92 Å². The zero-order valence-corrected chi connectivity index (χ0v) is 12.0. The molecule has 0 atom stereocenters. The largest absolute Gasteiger partial charge is 0.522 e. The average molecular weight is 303 g/mol. The van der Waals surface area contributed by atoms with Gasteiger partial charge >= 0.3 is 6.36 Å². The van der Waals surface area contributed by atoms with E-state index in [0.717, 1.165) is 24.7 Å². The lowest BCUT2D eigenvalue weighted by Gasteiger charge is -2.35. The average Bonchev–Trinajstić information content (AvgIpc) is 2.82. The fourth-order valence-corrected chi connectivity index (χ4v) is 3.00. The van der Waals surface area contributed by atoms with Gasteiger partial charge in [-0.05, 0) is 31.6 Å². The molecule has 0 bridgehead atoms. The summed E-state index contributed by atoms with van der Waals surface area (Å²) in [5.74, 6) is 0.767. The van der Waals surface area contributed by atoms with Crippen molar-refractivity contribution in [2.45, 2.75) is 51.1 Å². The van der Waals surface area contributed by atoms with Crippen molar-refractivity contribution in [3.8, 4) is 0 Å². The first kappa shape index (κ1) is 14.7. The molecule has 0 unspecified atom stereocenters. The van der Waals surface area contributed by atoms with Crippen molar-refractivity contribution in [1.29, 1.82) is 0 Å². The lowest BCUT2D eigenvalue weighted by molar-refractivity contribution is -0.353. The summed E-state index contributed by atoms with van der Waals surface area (Å²) in [5.41, 5.74) is 1.07. The maximum Gasteiger partial charge on any atom is 0.522 e. The molecule has 1 saturated carbocycles. The molecule has 2 heterocycles. The maximum atomic E-state index is 12.1. The van der Waals surface area contributed by atoms with Crippen LogP contribution in [0.2, 0.25) is 0 Å². The number of hydrogen-bond acceptors (Lipinski definition) is 3. The Hall–Kier alpha value is -1.24. The van der Waals surface area contributed by atoms with Crippen molar-refractivity contribution in [1.82, 2.24) is 9.78 Å². The fraction of sp³-hybridized carbons (Fsp3) is 0.786. The molecule has 0 amide bonds. The zero-order valence-electron chi connectivity index (χ0n) is 12.0. The lowest BCUT2D eigenvalue weighted by Crippen LogP contribution is -2.37. The number of halogens is 3. The van der Waals surface area contributed by atoms with E-state index in [1.165, 1.54) is 12.8 Å². The van der Waals surface area contributed by atoms with Crippen molar-refractivity contribution < 1.29 is 17.9 Å². The molecule has 7 heteroatoms. The van der Waals surface area contributed by atoms with Crippen LogP contribution in [0, 0.1) is 5.92 Å². The van der Waals surface area contributed by atoms with Gasteiger partial charge in [0.1, 0.15) is 0 Å². The number of ether oxygens (including phenoxy) is 1. The summed E-state index contributed by atoms with van der Waals surface area (Å²) in [5, 5.41) is 4.30. The van der Waals surface area contributed by atoms with Crippen LogP contribution in [0.5, 0.6) is 0 Å². The normalized spacial score (nSPS) is 27.7. The Kier molecular flexibility index (Phi) is 3.86. The van der Waals surface area contributed by atoms with Crippen molar-refractivity contribution in [3.05, 3.63) is 12.4 Å². The fourth-order valence-electron chi connectivity index (χ4n) is 3.00. The number of rotatable bonds is 3. The highest BCUT2D eigenvalue weighted by molar-refractivity contribution is 5.42. The predicted octanol–water partition coefficient (Wildman–Crippen LogP) is 3.36. The minimum atomic E-state index is -4.53. The molecular formula is C14H20F3N3O. The van der Waals surface area contributed by atoms with Crippen LogP contribution in [0.4, 0.5) is 18.9 Å². The number of alkyl halides is 3. The van der Waals surface area contributed by atoms with Crippen LogP contribution in [0.1, 0.15) is 38.6 Å². The summed E-state index contributed by atoms with van der Waals surface area (Å²) >= 11 is 0. The Morgan fingerprint density at radius 2 is 1.90 bits per heavy atom. The summed E-state index contributed by atoms with van der Waals surface area (Å²) in [7, 11) is 0. The second-order valence-corrected chi connectivity index (χ2v) is 6.16. The van der Waals surface area contributed by atoms with E-state index in [1.54, 1.807) is 4.68 Å². The van der Waals surface area contributed by atoms with Crippen molar-refractivity contribution in [2.24, 2.45) is 5.92 Å². The van der Waals surface area contributed by atoms with Crippen molar-refractivity contribution >= 4 is 5.69 Å². The van der Waals surface area contributed by atoms with Crippen molar-refractivity contribution in [3.63, 3.8) is 0 Å². The Morgan fingerprint density at radius 1 is 1.24 bits per heavy atom. The van der Waals surface area contributed by atoms with Crippen LogP contribution in [-0.2, 0) is 4.74 Å². The third-order valence-corrected chi connectivity index (χ3v) is 4.48. The van der Waals surface area contributed by atoms with Gasteiger partial charge in [0.2, 0.25) is 0 Å². The quantitative estimate of drug-likeness (QED) is 0.858. The Bertz CT molecular complexity index is 474. The van der Waals surface area contributed by atoms with E-state index in [4.69, 9.17) is 0 Å². The second-order valence-electron chi connectivity index (χ2n) is 6.16. The Balaban J connectivity index is 1.52. The number of piperidine rings is 1. The van der Waals surface area contributed by atoms with E-state index < -0.39 is 12.5 Å². The Morgan fingerprint density at radius 3 is 2.52 bits per heavy atom. The number of nitrogens with zero attached hydrogens (tertiary/aromatic N) is 3. The second kappa shape index (κ2) is 5.51. The molecule has 1 aromatic heterocycles. The highest BCUT2D eigenvalue weighted by Crippen LogP contribution is 2.38. The molecule has 2 aliphatic rings. The lowest BCUT2D eigenvalue weighted by atomic mass is 9.89. The standard InChI is InChI=1S/C14H20F3N3O/c1-10-2-4-19(5-3-10)12-8-18-20(9-12)11-6-13(7-11)21-14(15,16)17/h8-11,13H,2-7H2,1H3. The minimum Gasteiger partial charge on any atom is -0.369 e. The minimum absolute atomic E-state index is 0.0230. The van der Waals surface area contributed by atoms with Gasteiger partial charge in [0.25, 0.3) is 0 Å². The highest BCUT2D eigenvalue weighted by atomic mass is 19.4. The molecule has 2 fully saturated rings. The van der Waals surface area contributed by atoms with Gasteiger partial charge in [-0.3, -0.25) is 9.42 Å². The van der Waals surface area contributed by atoms with Crippen LogP contribution < -0.4 is 4.90 Å². The third kappa shape index (κ3) is 3.51. The van der Waals surface area contributed by atoms with Gasteiger partial charge in [-0.25, -0.2) is 0 Å². The van der Waals surface area contributed by atoms with E-state index in [9.17, 15) is 13.2 Å². The molecule has 1 saturated heterocycles. The molecule has 0 N–H and O–H groups in total. The summed E-state index contributed by atoms with van der Waals surface area (Å²) in [4.78, 5) is 2.30. The predicted molar refractivity (Wildman–Crippen MR) is 72.0 cm³/mol. The molecule has 0 radical (unpaired) electrons. The SMILES string of the molecule is CC1CCN(c2cnn(C3CC(OC(F)(F)F)C3)c2)CC1. The van der Waals surface area contributed by atoms with E-state index in [0.29, 0.717) is 12.8 Å². The van der Waals surface area contributed by atoms with E-state index in [2.05, 4.69) is 21.7 Å². The van der Waals surface area contributed by atoms with E-state index in [1.807, 2.05) is 12.4 Å². The first-order valence-electron chi connectivity index (χ1n) is 7.44. The summed E-state index contributed by atoms with van der Waals surface area (Å²) in [6.07, 6.45) is 1.61. The first-order chi connectivity index (χ1) is 9.90. The molecule has 1 aliphatic carbocycles. The van der Waals surface area contributed by atoms with Crippen molar-refractivity contribution in [2.75, 3.05) is 18.0 Å². The van der Waals surface area contributed by atoms with Gasteiger partial charge in [-0.15, -0.1) is 13.2 Å². The molecule has 1 aliphatic heterocycles. The van der Waals surface area contributed by atoms with Crippen LogP contribution in [0.25, 0.3) is 0 Å². The zero-order chi connectivity index (χ0) is 15.0. The van der Waals surface area contributed by atoms with Gasteiger partial charge in [0, 0.05) is 19.3 Å². The van der Waals surface area contributed by atoms with Crippen LogP contribution in [-0.4, -0.2) is 35.3 Å². The number of aromatic nitrogens is 2. The first-order valence-corrected chi connectivity index (χ1v) is 7.44. The van der Waals surface area contributed by atoms with Crippen LogP contribution in [0.15, 0.2) is 12.4 Å². The number of anilines is 1. The molecular weight excluding hydrogens is 283 g/mol. The van der Waals surface area contributed by atoms with Crippen LogP contribution in [0.3, 0.4) is 0 Å². The smallest absolute Gasteiger partial charge is 0.369 e. The molecule has 4 nitrogen and oxygen atoms in total.